The number of nitrogens with one attached hydrogen (secondary N) is 1. The van der Waals surface area contributed by atoms with Crippen LogP contribution in [0.15, 0.2) is 34.9 Å². The summed E-state index contributed by atoms with van der Waals surface area (Å²) in [7, 11) is 0. The molecule has 1 atom stereocenters. The molecule has 12 nitrogen and oxygen atoms in total. The molecule has 2 saturated heterocycles. The number of amides is 2. The second kappa shape index (κ2) is 9.62. The Hall–Kier alpha value is -3.39. The zero-order valence-corrected chi connectivity index (χ0v) is 19.0. The van der Waals surface area contributed by atoms with Crippen LogP contribution in [0.25, 0.3) is 0 Å². The number of rotatable bonds is 6. The molecule has 2 aliphatic rings. The van der Waals surface area contributed by atoms with Gasteiger partial charge in [0.2, 0.25) is 0 Å². The lowest BCUT2D eigenvalue weighted by atomic mass is 10.2. The maximum absolute atomic E-state index is 12.1. The van der Waals surface area contributed by atoms with Gasteiger partial charge in [0.05, 0.1) is 31.0 Å². The topological polar surface area (TPSA) is 134 Å². The first-order chi connectivity index (χ1) is 15.8. The number of carbonyl (C=O) groups is 2. The van der Waals surface area contributed by atoms with E-state index in [4.69, 9.17) is 21.4 Å². The van der Waals surface area contributed by atoms with Gasteiger partial charge in [-0.3, -0.25) is 19.8 Å². The highest BCUT2D eigenvalue weighted by molar-refractivity contribution is 7.96. The van der Waals surface area contributed by atoms with Gasteiger partial charge >= 0.3 is 12.0 Å². The number of piperazine rings is 1. The minimum absolute atomic E-state index is 0.188. The van der Waals surface area contributed by atoms with Crippen LogP contribution in [0.4, 0.5) is 27.0 Å². The molecule has 2 amide bonds. The molecule has 2 aliphatic heterocycles. The summed E-state index contributed by atoms with van der Waals surface area (Å²) in [6.45, 7) is 2.99. The first kappa shape index (κ1) is 22.8. The van der Waals surface area contributed by atoms with E-state index in [1.165, 1.54) is 17.0 Å². The molecule has 2 fully saturated rings. The van der Waals surface area contributed by atoms with Crippen molar-refractivity contribution in [3.63, 3.8) is 0 Å². The predicted octanol–water partition coefficient (Wildman–Crippen LogP) is 2.05. The summed E-state index contributed by atoms with van der Waals surface area (Å²) in [5.74, 6) is 0.719. The average molecular weight is 493 g/mol. The van der Waals surface area contributed by atoms with Gasteiger partial charge in [0.15, 0.2) is 5.76 Å². The lowest BCUT2D eigenvalue weighted by Gasteiger charge is -2.36. The number of hydrogen-bond donors (Lipinski definition) is 2. The van der Waals surface area contributed by atoms with Gasteiger partial charge in [-0.25, -0.2) is 9.78 Å². The second-order valence-corrected chi connectivity index (χ2v) is 8.14. The van der Waals surface area contributed by atoms with Crippen molar-refractivity contribution >= 4 is 58.6 Å². The number of nitrogens with zero attached hydrogens (tertiary/aromatic N) is 5. The number of nitro groups is 1. The standard InChI is InChI=1S/C19H20N6O6S2/c26-18(33)21-10-13-11-24(19(27)30-13)12-1-3-15(20-9-12)22-5-7-23(8-6-22)17(32)14-2-4-16(31-14)25(28)29/h1-4,9,13H,5-8,10-11H2,(H2,21,26,33). The molecule has 1 N–H and O–H groups in total. The Morgan fingerprint density at radius 3 is 2.64 bits per heavy atom. The molecule has 0 radical (unpaired) electrons. The van der Waals surface area contributed by atoms with Crippen LogP contribution in [0.5, 0.6) is 0 Å². The van der Waals surface area contributed by atoms with Crippen molar-refractivity contribution in [1.82, 2.24) is 15.2 Å². The number of carbonyl (C=O) groups excluding carboxylic acids is 2. The van der Waals surface area contributed by atoms with E-state index in [2.05, 4.69) is 27.8 Å². The molecular formula is C19H20N6O6S2. The highest BCUT2D eigenvalue weighted by Crippen LogP contribution is 2.24. The van der Waals surface area contributed by atoms with Crippen LogP contribution in [0, 0.1) is 10.1 Å². The number of anilines is 2. The third-order valence-electron chi connectivity index (χ3n) is 5.27. The first-order valence-corrected chi connectivity index (χ1v) is 10.9. The molecule has 1 unspecified atom stereocenters. The van der Waals surface area contributed by atoms with E-state index in [-0.39, 0.29) is 12.4 Å². The minimum Gasteiger partial charge on any atom is -0.442 e. The normalized spacial score (nSPS) is 18.3. The summed E-state index contributed by atoms with van der Waals surface area (Å²) in [4.78, 5) is 43.7. The van der Waals surface area contributed by atoms with Crippen molar-refractivity contribution in [2.45, 2.75) is 6.10 Å². The number of thiol groups is 1. The number of ether oxygens (including phenoxy) is 1. The lowest BCUT2D eigenvalue weighted by molar-refractivity contribution is -0.402. The number of cyclic esters (lactones) is 1. The highest BCUT2D eigenvalue weighted by atomic mass is 32.1. The summed E-state index contributed by atoms with van der Waals surface area (Å²) in [6.07, 6.45) is 0.652. The molecule has 0 spiro atoms. The first-order valence-electron chi connectivity index (χ1n) is 10.0. The predicted molar refractivity (Wildman–Crippen MR) is 125 cm³/mol. The molecule has 33 heavy (non-hydrogen) atoms. The Morgan fingerprint density at radius 1 is 1.27 bits per heavy atom. The molecule has 2 aromatic heterocycles. The third kappa shape index (κ3) is 5.17. The molecule has 0 saturated carbocycles. The monoisotopic (exact) mass is 492 g/mol. The SMILES string of the molecule is O=C(S)NCC1CN(c2ccc(N3CCN(C(=S)c4ccc([N+](=O)[O-])o4)CC3)nc2)C(=O)O1. The molecule has 4 heterocycles. The van der Waals surface area contributed by atoms with Crippen molar-refractivity contribution in [2.75, 3.05) is 49.1 Å². The zero-order chi connectivity index (χ0) is 23.5. The number of pyridine rings is 1. The maximum atomic E-state index is 12.1. The van der Waals surface area contributed by atoms with E-state index in [0.717, 1.165) is 5.82 Å². The fourth-order valence-electron chi connectivity index (χ4n) is 3.60. The van der Waals surface area contributed by atoms with Crippen molar-refractivity contribution in [3.05, 3.63) is 46.3 Å². The molecule has 0 aliphatic carbocycles. The van der Waals surface area contributed by atoms with Gasteiger partial charge in [-0.15, -0.1) is 0 Å². The summed E-state index contributed by atoms with van der Waals surface area (Å²) in [5.41, 5.74) is 0.600. The van der Waals surface area contributed by atoms with Gasteiger partial charge in [-0.1, -0.05) is 24.8 Å². The number of aromatic nitrogens is 1. The summed E-state index contributed by atoms with van der Waals surface area (Å²) < 4.78 is 10.4. The smallest absolute Gasteiger partial charge is 0.433 e. The molecule has 2 aromatic rings. The Bertz CT molecular complexity index is 1070. The fourth-order valence-corrected chi connectivity index (χ4v) is 3.98. The van der Waals surface area contributed by atoms with Crippen LogP contribution in [0.1, 0.15) is 5.76 Å². The van der Waals surface area contributed by atoms with E-state index in [1.807, 2.05) is 11.0 Å². The molecule has 174 valence electrons. The highest BCUT2D eigenvalue weighted by Gasteiger charge is 2.33. The van der Waals surface area contributed by atoms with Crippen molar-refractivity contribution in [3.8, 4) is 0 Å². The van der Waals surface area contributed by atoms with Crippen molar-refractivity contribution < 1.29 is 23.7 Å². The van der Waals surface area contributed by atoms with Crippen LogP contribution in [0.3, 0.4) is 0 Å². The average Bonchev–Trinajstić information content (AvgIpc) is 3.45. The summed E-state index contributed by atoms with van der Waals surface area (Å²) in [5, 5.41) is 12.8. The van der Waals surface area contributed by atoms with Crippen LogP contribution < -0.4 is 15.1 Å². The van der Waals surface area contributed by atoms with Crippen LogP contribution in [-0.4, -0.2) is 76.5 Å². The van der Waals surface area contributed by atoms with Gasteiger partial charge in [0.25, 0.3) is 5.24 Å². The molecule has 14 heteroatoms. The number of thiocarbonyl (C=S) groups is 1. The zero-order valence-electron chi connectivity index (χ0n) is 17.2. The Labute approximate surface area is 199 Å². The second-order valence-electron chi connectivity index (χ2n) is 7.35. The van der Waals surface area contributed by atoms with Gasteiger partial charge < -0.3 is 24.3 Å². The maximum Gasteiger partial charge on any atom is 0.433 e. The number of furan rings is 1. The Morgan fingerprint density at radius 2 is 2.03 bits per heavy atom. The number of hydrogen-bond acceptors (Lipinski definition) is 9. The molecule has 4 rings (SSSR count). The van der Waals surface area contributed by atoms with Crippen LogP contribution in [-0.2, 0) is 4.74 Å². The van der Waals surface area contributed by atoms with Crippen LogP contribution >= 0.6 is 24.8 Å². The lowest BCUT2D eigenvalue weighted by Crippen LogP contribution is -2.48. The minimum atomic E-state index is -0.596. The van der Waals surface area contributed by atoms with Gasteiger partial charge in [0.1, 0.15) is 21.8 Å². The molecular weight excluding hydrogens is 472 g/mol. The van der Waals surface area contributed by atoms with Crippen molar-refractivity contribution in [1.29, 1.82) is 0 Å². The van der Waals surface area contributed by atoms with E-state index in [9.17, 15) is 19.7 Å². The summed E-state index contributed by atoms with van der Waals surface area (Å²) in [6, 6.07) is 6.42. The Balaban J connectivity index is 1.32. The van der Waals surface area contributed by atoms with Crippen molar-refractivity contribution in [2.24, 2.45) is 0 Å². The van der Waals surface area contributed by atoms with Gasteiger partial charge in [-0.2, -0.15) is 0 Å². The Kier molecular flexibility index (Phi) is 6.65. The summed E-state index contributed by atoms with van der Waals surface area (Å²) >= 11 is 9.06. The molecule has 0 bridgehead atoms. The van der Waals surface area contributed by atoms with Crippen LogP contribution in [0.2, 0.25) is 0 Å². The van der Waals surface area contributed by atoms with E-state index in [0.29, 0.717) is 49.2 Å². The van der Waals surface area contributed by atoms with E-state index < -0.39 is 22.4 Å². The third-order valence-corrected chi connectivity index (χ3v) is 5.89. The largest absolute Gasteiger partial charge is 0.442 e. The fraction of sp³-hybridized carbons (Fsp3) is 0.368. The van der Waals surface area contributed by atoms with E-state index in [1.54, 1.807) is 12.3 Å². The van der Waals surface area contributed by atoms with Gasteiger partial charge in [-0.05, 0) is 18.2 Å². The van der Waals surface area contributed by atoms with E-state index >= 15 is 0 Å². The quantitative estimate of drug-likeness (QED) is 0.267. The molecule has 0 aromatic carbocycles. The van der Waals surface area contributed by atoms with Gasteiger partial charge in [0, 0.05) is 26.2 Å².